The van der Waals surface area contributed by atoms with Gasteiger partial charge in [-0.05, 0) is 26.8 Å². The van der Waals surface area contributed by atoms with Gasteiger partial charge < -0.3 is 16.2 Å². The van der Waals surface area contributed by atoms with Gasteiger partial charge in [0.2, 0.25) is 0 Å². The first-order valence-electron chi connectivity index (χ1n) is 5.02. The summed E-state index contributed by atoms with van der Waals surface area (Å²) >= 11 is 0. The van der Waals surface area contributed by atoms with Crippen molar-refractivity contribution in [1.82, 2.24) is 10.3 Å². The fourth-order valence-electron chi connectivity index (χ4n) is 1.21. The van der Waals surface area contributed by atoms with Crippen LogP contribution in [0.5, 0.6) is 0 Å². The van der Waals surface area contributed by atoms with E-state index in [2.05, 4.69) is 10.3 Å². The molecule has 0 fully saturated rings. The molecule has 1 atom stereocenters. The number of aliphatic hydroxyl groups excluding tert-OH is 1. The van der Waals surface area contributed by atoms with Crippen LogP contribution in [0.1, 0.15) is 32.4 Å². The minimum atomic E-state index is -0.613. The molecule has 15 heavy (non-hydrogen) atoms. The van der Waals surface area contributed by atoms with Gasteiger partial charge in [-0.3, -0.25) is 4.98 Å². The van der Waals surface area contributed by atoms with Crippen LogP contribution in [0.15, 0.2) is 18.5 Å². The molecule has 0 aliphatic carbocycles. The Labute approximate surface area is 90.5 Å². The van der Waals surface area contributed by atoms with Gasteiger partial charge in [0.05, 0.1) is 6.10 Å². The molecule has 1 aromatic heterocycles. The zero-order valence-corrected chi connectivity index (χ0v) is 9.49. The van der Waals surface area contributed by atoms with Crippen LogP contribution in [0.25, 0.3) is 0 Å². The number of pyridine rings is 1. The van der Waals surface area contributed by atoms with Gasteiger partial charge in [-0.15, -0.1) is 0 Å². The first-order valence-corrected chi connectivity index (χ1v) is 5.02. The Kier molecular flexibility index (Phi) is 3.66. The van der Waals surface area contributed by atoms with Crippen molar-refractivity contribution in [2.75, 3.05) is 12.3 Å². The molecule has 0 saturated carbocycles. The van der Waals surface area contributed by atoms with Gasteiger partial charge >= 0.3 is 0 Å². The molecule has 84 valence electrons. The Morgan fingerprint density at radius 2 is 2.20 bits per heavy atom. The van der Waals surface area contributed by atoms with E-state index in [9.17, 15) is 5.11 Å². The normalized spacial score (nSPS) is 13.9. The van der Waals surface area contributed by atoms with E-state index in [0.29, 0.717) is 17.8 Å². The van der Waals surface area contributed by atoms with Gasteiger partial charge in [-0.2, -0.15) is 0 Å². The maximum atomic E-state index is 9.88. The third kappa shape index (κ3) is 3.85. The van der Waals surface area contributed by atoms with Gasteiger partial charge in [0, 0.05) is 35.7 Å². The molecule has 4 heteroatoms. The van der Waals surface area contributed by atoms with E-state index in [-0.39, 0.29) is 5.54 Å². The molecule has 0 aliphatic heterocycles. The molecule has 0 aliphatic rings. The van der Waals surface area contributed by atoms with E-state index in [4.69, 9.17) is 5.73 Å². The van der Waals surface area contributed by atoms with Gasteiger partial charge in [0.15, 0.2) is 0 Å². The Balaban J connectivity index is 2.62. The number of β-amino-alcohol motifs (C(OH)–C–C–N with tert-alkyl or cyclic N) is 1. The highest BCUT2D eigenvalue weighted by Crippen LogP contribution is 2.18. The van der Waals surface area contributed by atoms with Crippen LogP contribution < -0.4 is 11.1 Å². The summed E-state index contributed by atoms with van der Waals surface area (Å²) in [7, 11) is 0. The fraction of sp³-hybridized carbons (Fsp3) is 0.545. The minimum absolute atomic E-state index is 0.0159. The molecule has 0 bridgehead atoms. The van der Waals surface area contributed by atoms with Crippen LogP contribution in [0.3, 0.4) is 0 Å². The summed E-state index contributed by atoms with van der Waals surface area (Å²) in [5.74, 6) is 0. The van der Waals surface area contributed by atoms with Crippen LogP contribution in [0, 0.1) is 0 Å². The third-order valence-corrected chi connectivity index (χ3v) is 2.07. The van der Waals surface area contributed by atoms with E-state index in [1.165, 1.54) is 0 Å². The number of nitrogens with two attached hydrogens (primary N) is 1. The number of nitrogens with zero attached hydrogens (tertiary/aromatic N) is 1. The molecule has 1 heterocycles. The van der Waals surface area contributed by atoms with E-state index >= 15 is 0 Å². The number of nitrogens with one attached hydrogen (secondary N) is 1. The number of rotatable bonds is 3. The second-order valence-electron chi connectivity index (χ2n) is 4.65. The van der Waals surface area contributed by atoms with Crippen LogP contribution in [-0.2, 0) is 0 Å². The van der Waals surface area contributed by atoms with Crippen molar-refractivity contribution in [3.63, 3.8) is 0 Å². The highest BCUT2D eigenvalue weighted by Gasteiger charge is 2.15. The second kappa shape index (κ2) is 4.59. The standard InChI is InChI=1S/C11H19N3O/c1-11(2,3)14-7-10(15)8-6-13-5-4-9(8)12/h4-6,10,14-15H,7H2,1-3H3,(H2,12,13). The van der Waals surface area contributed by atoms with E-state index in [1.54, 1.807) is 18.5 Å². The molecule has 0 amide bonds. The van der Waals surface area contributed by atoms with E-state index in [0.717, 1.165) is 0 Å². The molecule has 0 radical (unpaired) electrons. The largest absolute Gasteiger partial charge is 0.398 e. The Morgan fingerprint density at radius 1 is 1.53 bits per heavy atom. The number of anilines is 1. The second-order valence-corrected chi connectivity index (χ2v) is 4.65. The van der Waals surface area contributed by atoms with Crippen molar-refractivity contribution in [3.05, 3.63) is 24.0 Å². The lowest BCUT2D eigenvalue weighted by molar-refractivity contribution is 0.163. The summed E-state index contributed by atoms with van der Waals surface area (Å²) in [5.41, 5.74) is 6.97. The zero-order chi connectivity index (χ0) is 11.5. The first kappa shape index (κ1) is 11.9. The van der Waals surface area contributed by atoms with Crippen LogP contribution >= 0.6 is 0 Å². The zero-order valence-electron chi connectivity index (χ0n) is 9.49. The minimum Gasteiger partial charge on any atom is -0.398 e. The molecular formula is C11H19N3O. The Morgan fingerprint density at radius 3 is 2.73 bits per heavy atom. The number of hydrogen-bond acceptors (Lipinski definition) is 4. The summed E-state index contributed by atoms with van der Waals surface area (Å²) in [6.07, 6.45) is 2.60. The SMILES string of the molecule is CC(C)(C)NCC(O)c1cnccc1N. The molecule has 0 spiro atoms. The molecule has 4 nitrogen and oxygen atoms in total. The third-order valence-electron chi connectivity index (χ3n) is 2.07. The van der Waals surface area contributed by atoms with E-state index in [1.807, 2.05) is 20.8 Å². The predicted octanol–water partition coefficient (Wildman–Crippen LogP) is 1.09. The highest BCUT2D eigenvalue weighted by molar-refractivity contribution is 5.45. The molecule has 1 aromatic rings. The maximum Gasteiger partial charge on any atom is 0.0949 e. The highest BCUT2D eigenvalue weighted by atomic mass is 16.3. The maximum absolute atomic E-state index is 9.88. The predicted molar refractivity (Wildman–Crippen MR) is 61.4 cm³/mol. The van der Waals surface area contributed by atoms with Crippen LogP contribution in [0.4, 0.5) is 5.69 Å². The van der Waals surface area contributed by atoms with Gasteiger partial charge in [0.25, 0.3) is 0 Å². The number of aliphatic hydroxyl groups is 1. The number of nitrogen functional groups attached to an aromatic ring is 1. The van der Waals surface area contributed by atoms with E-state index < -0.39 is 6.10 Å². The quantitative estimate of drug-likeness (QED) is 0.696. The number of hydrogen-bond donors (Lipinski definition) is 3. The fourth-order valence-corrected chi connectivity index (χ4v) is 1.21. The van der Waals surface area contributed by atoms with Crippen molar-refractivity contribution >= 4 is 5.69 Å². The van der Waals surface area contributed by atoms with Crippen LogP contribution in [0.2, 0.25) is 0 Å². The van der Waals surface area contributed by atoms with Crippen molar-refractivity contribution in [2.24, 2.45) is 0 Å². The summed E-state index contributed by atoms with van der Waals surface area (Å²) in [6.45, 7) is 6.62. The summed E-state index contributed by atoms with van der Waals surface area (Å²) < 4.78 is 0. The van der Waals surface area contributed by atoms with Gasteiger partial charge in [-0.1, -0.05) is 0 Å². The topological polar surface area (TPSA) is 71.2 Å². The van der Waals surface area contributed by atoms with Crippen molar-refractivity contribution in [1.29, 1.82) is 0 Å². The Bertz CT molecular complexity index is 320. The molecule has 0 saturated heterocycles. The molecular weight excluding hydrogens is 190 g/mol. The van der Waals surface area contributed by atoms with Crippen molar-refractivity contribution in [2.45, 2.75) is 32.4 Å². The summed E-state index contributed by atoms with van der Waals surface area (Å²) in [4.78, 5) is 3.94. The summed E-state index contributed by atoms with van der Waals surface area (Å²) in [5, 5.41) is 13.1. The molecule has 4 N–H and O–H groups in total. The monoisotopic (exact) mass is 209 g/mol. The average molecular weight is 209 g/mol. The Hall–Kier alpha value is -1.13. The smallest absolute Gasteiger partial charge is 0.0949 e. The lowest BCUT2D eigenvalue weighted by Crippen LogP contribution is -2.38. The van der Waals surface area contributed by atoms with Gasteiger partial charge in [0.1, 0.15) is 0 Å². The molecule has 1 unspecified atom stereocenters. The first-order chi connectivity index (χ1) is 6.90. The lowest BCUT2D eigenvalue weighted by Gasteiger charge is -2.23. The van der Waals surface area contributed by atoms with Crippen molar-refractivity contribution in [3.8, 4) is 0 Å². The van der Waals surface area contributed by atoms with Crippen molar-refractivity contribution < 1.29 is 5.11 Å². The molecule has 0 aromatic carbocycles. The number of aromatic nitrogens is 1. The molecule has 1 rings (SSSR count). The average Bonchev–Trinajstić information content (AvgIpc) is 2.14. The van der Waals surface area contributed by atoms with Gasteiger partial charge in [-0.25, -0.2) is 0 Å². The summed E-state index contributed by atoms with van der Waals surface area (Å²) in [6, 6.07) is 1.69. The lowest BCUT2D eigenvalue weighted by atomic mass is 10.1. The van der Waals surface area contributed by atoms with Crippen LogP contribution in [-0.4, -0.2) is 22.2 Å².